The number of methoxy groups -OCH3 is 3. The van der Waals surface area contributed by atoms with Gasteiger partial charge in [0, 0.05) is 11.1 Å². The molecule has 1 N–H and O–H groups in total. The molecule has 0 spiro atoms. The van der Waals surface area contributed by atoms with E-state index in [0.29, 0.717) is 22.1 Å². The summed E-state index contributed by atoms with van der Waals surface area (Å²) in [6.07, 6.45) is 1.65. The van der Waals surface area contributed by atoms with Crippen molar-refractivity contribution in [2.24, 2.45) is 5.10 Å². The van der Waals surface area contributed by atoms with Crippen molar-refractivity contribution in [2.75, 3.05) is 21.3 Å². The summed E-state index contributed by atoms with van der Waals surface area (Å²) in [5.74, 6) is 2.58. The predicted octanol–water partition coefficient (Wildman–Crippen LogP) is 3.52. The van der Waals surface area contributed by atoms with Gasteiger partial charge in [-0.3, -0.25) is 0 Å². The van der Waals surface area contributed by atoms with E-state index in [4.69, 9.17) is 26.4 Å². The second kappa shape index (κ2) is 7.83. The van der Waals surface area contributed by atoms with Gasteiger partial charge in [-0.15, -0.1) is 0 Å². The SMILES string of the molecule is COc1ccc(-c2n[nH]c(=S)n2N=Cc2cccc(OC)c2OC)cc1. The molecule has 1 heterocycles. The molecule has 0 aliphatic heterocycles. The van der Waals surface area contributed by atoms with E-state index >= 15 is 0 Å². The third kappa shape index (κ3) is 3.45. The van der Waals surface area contributed by atoms with Gasteiger partial charge in [0.25, 0.3) is 0 Å². The molecule has 7 nitrogen and oxygen atoms in total. The van der Waals surface area contributed by atoms with E-state index in [1.54, 1.807) is 32.2 Å². The highest BCUT2D eigenvalue weighted by Crippen LogP contribution is 2.29. The van der Waals surface area contributed by atoms with Gasteiger partial charge in [0.2, 0.25) is 4.77 Å². The highest BCUT2D eigenvalue weighted by molar-refractivity contribution is 7.71. The van der Waals surface area contributed by atoms with Gasteiger partial charge >= 0.3 is 0 Å². The van der Waals surface area contributed by atoms with E-state index in [1.165, 1.54) is 0 Å². The van der Waals surface area contributed by atoms with Crippen LogP contribution in [0.25, 0.3) is 11.4 Å². The van der Waals surface area contributed by atoms with Crippen molar-refractivity contribution in [2.45, 2.75) is 0 Å². The molecule has 0 bridgehead atoms. The summed E-state index contributed by atoms with van der Waals surface area (Å²) in [4.78, 5) is 0. The monoisotopic (exact) mass is 370 g/mol. The van der Waals surface area contributed by atoms with E-state index in [1.807, 2.05) is 42.5 Å². The minimum absolute atomic E-state index is 0.383. The first kappa shape index (κ1) is 17.7. The van der Waals surface area contributed by atoms with Crippen molar-refractivity contribution in [3.05, 3.63) is 52.8 Å². The fourth-order valence-corrected chi connectivity index (χ4v) is 2.64. The van der Waals surface area contributed by atoms with Crippen LogP contribution in [0, 0.1) is 4.77 Å². The molecular formula is C18H18N4O3S. The van der Waals surface area contributed by atoms with Gasteiger partial charge in [-0.1, -0.05) is 6.07 Å². The van der Waals surface area contributed by atoms with Crippen LogP contribution in [-0.4, -0.2) is 42.4 Å². The molecule has 0 fully saturated rings. The largest absolute Gasteiger partial charge is 0.497 e. The van der Waals surface area contributed by atoms with Crippen LogP contribution >= 0.6 is 12.2 Å². The molecule has 0 unspecified atom stereocenters. The number of aromatic nitrogens is 3. The standard InChI is InChI=1S/C18H18N4O3S/c1-23-14-9-7-12(8-10-14)17-20-21-18(26)22(17)19-11-13-5-4-6-15(24-2)16(13)25-3/h4-11H,1-3H3,(H,21,26). The van der Waals surface area contributed by atoms with Crippen molar-refractivity contribution in [1.82, 2.24) is 14.9 Å². The van der Waals surface area contributed by atoms with Crippen LogP contribution in [0.15, 0.2) is 47.6 Å². The van der Waals surface area contributed by atoms with Gasteiger partial charge in [-0.2, -0.15) is 14.9 Å². The minimum Gasteiger partial charge on any atom is -0.497 e. The zero-order valence-corrected chi connectivity index (χ0v) is 15.4. The number of aromatic amines is 1. The first-order valence-electron chi connectivity index (χ1n) is 7.75. The average Bonchev–Trinajstić information content (AvgIpc) is 3.06. The molecule has 0 amide bonds. The zero-order chi connectivity index (χ0) is 18.5. The summed E-state index contributed by atoms with van der Waals surface area (Å²) in [6, 6.07) is 13.0. The van der Waals surface area contributed by atoms with Crippen LogP contribution in [0.1, 0.15) is 5.56 Å². The Kier molecular flexibility index (Phi) is 5.33. The Bertz CT molecular complexity index is 977. The van der Waals surface area contributed by atoms with Crippen LogP contribution in [0.2, 0.25) is 0 Å². The topological polar surface area (TPSA) is 73.7 Å². The molecule has 0 radical (unpaired) electrons. The minimum atomic E-state index is 0.383. The number of para-hydroxylation sites is 1. The maximum atomic E-state index is 5.42. The quantitative estimate of drug-likeness (QED) is 0.531. The highest BCUT2D eigenvalue weighted by atomic mass is 32.1. The Morgan fingerprint density at radius 2 is 1.81 bits per heavy atom. The second-order valence-corrected chi connectivity index (χ2v) is 5.61. The second-order valence-electron chi connectivity index (χ2n) is 5.22. The Balaban J connectivity index is 2.00. The van der Waals surface area contributed by atoms with E-state index in [-0.39, 0.29) is 0 Å². The van der Waals surface area contributed by atoms with Gasteiger partial charge in [0.15, 0.2) is 17.3 Å². The van der Waals surface area contributed by atoms with Crippen molar-refractivity contribution in [3.8, 4) is 28.6 Å². The lowest BCUT2D eigenvalue weighted by Gasteiger charge is -2.09. The maximum absolute atomic E-state index is 5.42. The lowest BCUT2D eigenvalue weighted by atomic mass is 10.2. The zero-order valence-electron chi connectivity index (χ0n) is 14.6. The fourth-order valence-electron chi connectivity index (χ4n) is 2.46. The number of H-pyrrole nitrogens is 1. The molecule has 3 aromatic rings. The molecule has 0 saturated carbocycles. The first-order chi connectivity index (χ1) is 12.7. The average molecular weight is 370 g/mol. The van der Waals surface area contributed by atoms with Gasteiger partial charge in [-0.25, -0.2) is 5.10 Å². The number of nitrogens with zero attached hydrogens (tertiary/aromatic N) is 3. The Morgan fingerprint density at radius 3 is 2.46 bits per heavy atom. The normalized spacial score (nSPS) is 10.9. The van der Waals surface area contributed by atoms with Crippen LogP contribution in [-0.2, 0) is 0 Å². The van der Waals surface area contributed by atoms with Gasteiger partial charge in [-0.05, 0) is 48.6 Å². The lowest BCUT2D eigenvalue weighted by molar-refractivity contribution is 0.354. The van der Waals surface area contributed by atoms with Crippen molar-refractivity contribution >= 4 is 18.4 Å². The van der Waals surface area contributed by atoms with Crippen LogP contribution in [0.3, 0.4) is 0 Å². The molecule has 0 aliphatic rings. The third-order valence-corrected chi connectivity index (χ3v) is 4.01. The number of nitrogens with one attached hydrogen (secondary N) is 1. The van der Waals surface area contributed by atoms with E-state index in [9.17, 15) is 0 Å². The van der Waals surface area contributed by atoms with Crippen LogP contribution in [0.5, 0.6) is 17.2 Å². The summed E-state index contributed by atoms with van der Waals surface area (Å²) < 4.78 is 17.8. The summed E-state index contributed by atoms with van der Waals surface area (Å²) >= 11 is 5.30. The molecule has 1 aromatic heterocycles. The molecule has 8 heteroatoms. The van der Waals surface area contributed by atoms with Gasteiger partial charge < -0.3 is 14.2 Å². The molecule has 3 rings (SSSR count). The number of ether oxygens (including phenoxy) is 3. The Morgan fingerprint density at radius 1 is 1.04 bits per heavy atom. The predicted molar refractivity (Wildman–Crippen MR) is 102 cm³/mol. The summed E-state index contributed by atoms with van der Waals surface area (Å²) in [5, 5.41) is 11.5. The number of rotatable bonds is 6. The van der Waals surface area contributed by atoms with Crippen molar-refractivity contribution in [1.29, 1.82) is 0 Å². The molecule has 134 valence electrons. The number of benzene rings is 2. The highest BCUT2D eigenvalue weighted by Gasteiger charge is 2.10. The molecule has 0 atom stereocenters. The van der Waals surface area contributed by atoms with Gasteiger partial charge in [0.05, 0.1) is 27.5 Å². The van der Waals surface area contributed by atoms with E-state index in [0.717, 1.165) is 16.9 Å². The van der Waals surface area contributed by atoms with Crippen molar-refractivity contribution < 1.29 is 14.2 Å². The lowest BCUT2D eigenvalue weighted by Crippen LogP contribution is -1.98. The summed E-state index contributed by atoms with van der Waals surface area (Å²) in [6.45, 7) is 0. The van der Waals surface area contributed by atoms with Crippen LogP contribution < -0.4 is 14.2 Å². The Labute approximate surface area is 155 Å². The molecular weight excluding hydrogens is 352 g/mol. The molecule has 0 saturated heterocycles. The van der Waals surface area contributed by atoms with E-state index in [2.05, 4.69) is 15.3 Å². The Hall–Kier alpha value is -3.13. The molecule has 2 aromatic carbocycles. The smallest absolute Gasteiger partial charge is 0.216 e. The third-order valence-electron chi connectivity index (χ3n) is 3.74. The van der Waals surface area contributed by atoms with Gasteiger partial charge in [0.1, 0.15) is 5.75 Å². The molecule has 0 aliphatic carbocycles. The summed E-state index contributed by atoms with van der Waals surface area (Å²) in [5.41, 5.74) is 1.61. The maximum Gasteiger partial charge on any atom is 0.216 e. The fraction of sp³-hybridized carbons (Fsp3) is 0.167. The van der Waals surface area contributed by atoms with E-state index < -0.39 is 0 Å². The van der Waals surface area contributed by atoms with Crippen molar-refractivity contribution in [3.63, 3.8) is 0 Å². The summed E-state index contributed by atoms with van der Waals surface area (Å²) in [7, 11) is 4.80. The van der Waals surface area contributed by atoms with Crippen LogP contribution in [0.4, 0.5) is 0 Å². The first-order valence-corrected chi connectivity index (χ1v) is 8.16. The number of hydrogen-bond acceptors (Lipinski definition) is 6. The number of hydrogen-bond donors (Lipinski definition) is 1. The molecule has 26 heavy (non-hydrogen) atoms.